The molecule has 1 aromatic carbocycles. The second-order valence-corrected chi connectivity index (χ2v) is 5.46. The first-order valence-corrected chi connectivity index (χ1v) is 6.64. The van der Waals surface area contributed by atoms with Crippen LogP contribution in [0.3, 0.4) is 0 Å². The first-order chi connectivity index (χ1) is 8.09. The Hall–Kier alpha value is -1.02. The van der Waals surface area contributed by atoms with Crippen molar-refractivity contribution in [2.45, 2.75) is 45.7 Å². The Morgan fingerprint density at radius 1 is 1.18 bits per heavy atom. The number of benzene rings is 1. The third-order valence-electron chi connectivity index (χ3n) is 3.98. The number of phenols is 1. The second kappa shape index (κ2) is 5.09. The minimum atomic E-state index is 0.350. The van der Waals surface area contributed by atoms with Crippen molar-refractivity contribution in [3.63, 3.8) is 0 Å². The number of aromatic hydroxyl groups is 1. The van der Waals surface area contributed by atoms with Gasteiger partial charge in [-0.2, -0.15) is 0 Å². The van der Waals surface area contributed by atoms with E-state index >= 15 is 0 Å². The van der Waals surface area contributed by atoms with E-state index < -0.39 is 0 Å². The molecule has 94 valence electrons. The lowest BCUT2D eigenvalue weighted by Crippen LogP contribution is -2.35. The molecule has 1 saturated heterocycles. The lowest BCUT2D eigenvalue weighted by molar-refractivity contribution is 0.156. The van der Waals surface area contributed by atoms with E-state index in [0.717, 1.165) is 5.92 Å². The van der Waals surface area contributed by atoms with E-state index in [1.165, 1.54) is 24.9 Å². The van der Waals surface area contributed by atoms with Crippen LogP contribution in [0.2, 0.25) is 0 Å². The van der Waals surface area contributed by atoms with Crippen LogP contribution in [0.15, 0.2) is 24.3 Å². The molecule has 1 aliphatic heterocycles. The zero-order valence-electron chi connectivity index (χ0n) is 11.1. The fourth-order valence-electron chi connectivity index (χ4n) is 2.96. The Bertz CT molecular complexity index is 358. The number of phenolic OH excluding ortho intramolecular Hbond substituents is 1. The Labute approximate surface area is 104 Å². The van der Waals surface area contributed by atoms with E-state index in [-0.39, 0.29) is 0 Å². The van der Waals surface area contributed by atoms with E-state index in [1.807, 2.05) is 12.1 Å². The molecule has 1 aliphatic rings. The topological polar surface area (TPSA) is 23.5 Å². The van der Waals surface area contributed by atoms with Crippen molar-refractivity contribution >= 4 is 0 Å². The molecule has 2 nitrogen and oxygen atoms in total. The average Bonchev–Trinajstić information content (AvgIpc) is 2.78. The molecule has 1 aromatic rings. The summed E-state index contributed by atoms with van der Waals surface area (Å²) in [5, 5.41) is 9.33. The first kappa shape index (κ1) is 12.4. The minimum absolute atomic E-state index is 0.350. The van der Waals surface area contributed by atoms with E-state index in [0.29, 0.717) is 17.8 Å². The molecule has 0 radical (unpaired) electrons. The third kappa shape index (κ3) is 2.63. The van der Waals surface area contributed by atoms with Crippen molar-refractivity contribution in [1.82, 2.24) is 4.90 Å². The van der Waals surface area contributed by atoms with Gasteiger partial charge >= 0.3 is 0 Å². The molecule has 1 N–H and O–H groups in total. The van der Waals surface area contributed by atoms with Gasteiger partial charge < -0.3 is 5.11 Å². The van der Waals surface area contributed by atoms with Crippen molar-refractivity contribution in [2.24, 2.45) is 5.92 Å². The van der Waals surface area contributed by atoms with Gasteiger partial charge in [0, 0.05) is 12.1 Å². The molecular formula is C15H23NO. The number of rotatable bonds is 3. The Balaban J connectivity index is 2.13. The van der Waals surface area contributed by atoms with Crippen molar-refractivity contribution < 1.29 is 5.11 Å². The van der Waals surface area contributed by atoms with Crippen LogP contribution >= 0.6 is 0 Å². The molecular weight excluding hydrogens is 210 g/mol. The smallest absolute Gasteiger partial charge is 0.115 e. The number of likely N-dealkylation sites (tertiary alicyclic amines) is 1. The quantitative estimate of drug-likeness (QED) is 0.862. The summed E-state index contributed by atoms with van der Waals surface area (Å²) in [6.45, 7) is 8.09. The normalized spacial score (nSPS) is 23.2. The largest absolute Gasteiger partial charge is 0.508 e. The fraction of sp³-hybridized carbons (Fsp3) is 0.600. The maximum atomic E-state index is 9.33. The van der Waals surface area contributed by atoms with Crippen molar-refractivity contribution in [1.29, 1.82) is 0 Å². The molecule has 0 aromatic heterocycles. The number of hydrogen-bond acceptors (Lipinski definition) is 2. The van der Waals surface area contributed by atoms with Crippen LogP contribution in [0.4, 0.5) is 0 Å². The van der Waals surface area contributed by atoms with E-state index in [1.54, 1.807) is 12.1 Å². The molecule has 1 heterocycles. The van der Waals surface area contributed by atoms with Crippen LogP contribution < -0.4 is 0 Å². The Kier molecular flexibility index (Phi) is 3.72. The van der Waals surface area contributed by atoms with E-state index in [4.69, 9.17) is 0 Å². The number of nitrogens with zero attached hydrogens (tertiary/aromatic N) is 1. The highest BCUT2D eigenvalue weighted by molar-refractivity contribution is 5.28. The van der Waals surface area contributed by atoms with Crippen LogP contribution in [-0.4, -0.2) is 22.6 Å². The highest BCUT2D eigenvalue weighted by Crippen LogP contribution is 2.32. The minimum Gasteiger partial charge on any atom is -0.508 e. The van der Waals surface area contributed by atoms with Crippen molar-refractivity contribution in [3.8, 4) is 5.75 Å². The molecule has 1 fully saturated rings. The van der Waals surface area contributed by atoms with Crippen LogP contribution in [0.5, 0.6) is 5.75 Å². The molecule has 2 unspecified atom stereocenters. The molecule has 0 spiro atoms. The Morgan fingerprint density at radius 3 is 2.41 bits per heavy atom. The molecule has 2 rings (SSSR count). The van der Waals surface area contributed by atoms with Gasteiger partial charge in [0.1, 0.15) is 5.75 Å². The van der Waals surface area contributed by atoms with Gasteiger partial charge in [0.25, 0.3) is 0 Å². The zero-order valence-corrected chi connectivity index (χ0v) is 11.1. The molecule has 2 atom stereocenters. The van der Waals surface area contributed by atoms with Gasteiger partial charge in [0.2, 0.25) is 0 Å². The van der Waals surface area contributed by atoms with Crippen LogP contribution in [0.1, 0.15) is 45.2 Å². The summed E-state index contributed by atoms with van der Waals surface area (Å²) in [4.78, 5) is 2.61. The van der Waals surface area contributed by atoms with Gasteiger partial charge in [0.05, 0.1) is 0 Å². The molecule has 0 saturated carbocycles. The molecule has 0 aliphatic carbocycles. The third-order valence-corrected chi connectivity index (χ3v) is 3.98. The average molecular weight is 233 g/mol. The maximum Gasteiger partial charge on any atom is 0.115 e. The summed E-state index contributed by atoms with van der Waals surface area (Å²) in [6, 6.07) is 8.80. The van der Waals surface area contributed by atoms with Gasteiger partial charge in [-0.1, -0.05) is 26.0 Å². The summed E-state index contributed by atoms with van der Waals surface area (Å²) >= 11 is 0. The first-order valence-electron chi connectivity index (χ1n) is 6.64. The SMILES string of the molecule is CC(C)C1CCCN1C(C)c1ccc(O)cc1. The molecule has 0 amide bonds. The lowest BCUT2D eigenvalue weighted by Gasteiger charge is -2.33. The summed E-state index contributed by atoms with van der Waals surface area (Å²) in [6.07, 6.45) is 2.63. The maximum absolute atomic E-state index is 9.33. The summed E-state index contributed by atoms with van der Waals surface area (Å²) in [7, 11) is 0. The summed E-state index contributed by atoms with van der Waals surface area (Å²) in [5.41, 5.74) is 1.30. The van der Waals surface area contributed by atoms with Gasteiger partial charge in [-0.05, 0) is 49.9 Å². The van der Waals surface area contributed by atoms with Gasteiger partial charge in [-0.25, -0.2) is 0 Å². The van der Waals surface area contributed by atoms with Crippen molar-refractivity contribution in [3.05, 3.63) is 29.8 Å². The van der Waals surface area contributed by atoms with Gasteiger partial charge in [-0.15, -0.1) is 0 Å². The Morgan fingerprint density at radius 2 is 1.82 bits per heavy atom. The molecule has 0 bridgehead atoms. The summed E-state index contributed by atoms with van der Waals surface area (Å²) < 4.78 is 0. The van der Waals surface area contributed by atoms with Gasteiger partial charge in [0.15, 0.2) is 0 Å². The highest BCUT2D eigenvalue weighted by Gasteiger charge is 2.30. The van der Waals surface area contributed by atoms with E-state index in [9.17, 15) is 5.11 Å². The predicted octanol–water partition coefficient (Wildman–Crippen LogP) is 3.57. The second-order valence-electron chi connectivity index (χ2n) is 5.46. The molecule has 2 heteroatoms. The predicted molar refractivity (Wildman–Crippen MR) is 71.1 cm³/mol. The van der Waals surface area contributed by atoms with Gasteiger partial charge in [-0.3, -0.25) is 4.90 Å². The number of hydrogen-bond donors (Lipinski definition) is 1. The van der Waals surface area contributed by atoms with Crippen LogP contribution in [0, 0.1) is 5.92 Å². The monoisotopic (exact) mass is 233 g/mol. The van der Waals surface area contributed by atoms with Crippen LogP contribution in [0.25, 0.3) is 0 Å². The zero-order chi connectivity index (χ0) is 12.4. The highest BCUT2D eigenvalue weighted by atomic mass is 16.3. The van der Waals surface area contributed by atoms with E-state index in [2.05, 4.69) is 25.7 Å². The lowest BCUT2D eigenvalue weighted by atomic mass is 9.99. The molecule has 17 heavy (non-hydrogen) atoms. The standard InChI is InChI=1S/C15H23NO/c1-11(2)15-5-4-10-16(15)12(3)13-6-8-14(17)9-7-13/h6-9,11-12,15,17H,4-5,10H2,1-3H3. The fourth-order valence-corrected chi connectivity index (χ4v) is 2.96. The summed E-state index contributed by atoms with van der Waals surface area (Å²) in [5.74, 6) is 1.07. The van der Waals surface area contributed by atoms with Crippen LogP contribution in [-0.2, 0) is 0 Å². The van der Waals surface area contributed by atoms with Crippen molar-refractivity contribution in [2.75, 3.05) is 6.54 Å².